The molecule has 1 saturated carbocycles. The SMILES string of the molecule is CC(C)(C)OC(=O)NCCN1CCC(CNC2CC2)C1. The molecule has 20 heavy (non-hydrogen) atoms. The molecule has 2 fully saturated rings. The molecule has 1 aliphatic heterocycles. The molecule has 0 radical (unpaired) electrons. The smallest absolute Gasteiger partial charge is 0.407 e. The number of nitrogens with zero attached hydrogens (tertiary/aromatic N) is 1. The van der Waals surface area contributed by atoms with Gasteiger partial charge in [0.25, 0.3) is 0 Å². The maximum Gasteiger partial charge on any atom is 0.407 e. The van der Waals surface area contributed by atoms with Gasteiger partial charge in [-0.05, 0) is 59.0 Å². The van der Waals surface area contributed by atoms with Crippen LogP contribution in [0.15, 0.2) is 0 Å². The number of carbonyl (C=O) groups excluding carboxylic acids is 1. The first-order chi connectivity index (χ1) is 9.42. The minimum atomic E-state index is -0.419. The van der Waals surface area contributed by atoms with E-state index in [1.807, 2.05) is 20.8 Å². The van der Waals surface area contributed by atoms with Gasteiger partial charge in [0.1, 0.15) is 5.60 Å². The zero-order chi connectivity index (χ0) is 14.6. The van der Waals surface area contributed by atoms with Crippen LogP contribution in [0.1, 0.15) is 40.0 Å². The molecule has 1 aliphatic carbocycles. The van der Waals surface area contributed by atoms with E-state index in [1.54, 1.807) is 0 Å². The Morgan fingerprint density at radius 3 is 2.70 bits per heavy atom. The van der Waals surface area contributed by atoms with Crippen molar-refractivity contribution in [1.29, 1.82) is 0 Å². The molecule has 1 amide bonds. The fraction of sp³-hybridized carbons (Fsp3) is 0.933. The summed E-state index contributed by atoms with van der Waals surface area (Å²) < 4.78 is 5.22. The number of alkyl carbamates (subject to hydrolysis) is 1. The van der Waals surface area contributed by atoms with Gasteiger partial charge in [0.15, 0.2) is 0 Å². The Morgan fingerprint density at radius 2 is 2.05 bits per heavy atom. The molecule has 1 saturated heterocycles. The first-order valence-corrected chi connectivity index (χ1v) is 7.85. The highest BCUT2D eigenvalue weighted by Crippen LogP contribution is 2.21. The van der Waals surface area contributed by atoms with E-state index in [9.17, 15) is 4.79 Å². The Hall–Kier alpha value is -0.810. The lowest BCUT2D eigenvalue weighted by Gasteiger charge is -2.21. The van der Waals surface area contributed by atoms with E-state index in [0.717, 1.165) is 38.1 Å². The lowest BCUT2D eigenvalue weighted by atomic mass is 10.1. The highest BCUT2D eigenvalue weighted by Gasteiger charge is 2.26. The zero-order valence-corrected chi connectivity index (χ0v) is 13.1. The van der Waals surface area contributed by atoms with Crippen molar-refractivity contribution in [3.63, 3.8) is 0 Å². The Morgan fingerprint density at radius 1 is 1.30 bits per heavy atom. The minimum Gasteiger partial charge on any atom is -0.444 e. The molecule has 5 nitrogen and oxygen atoms in total. The molecule has 1 atom stereocenters. The third-order valence-electron chi connectivity index (χ3n) is 3.74. The van der Waals surface area contributed by atoms with Crippen molar-refractivity contribution < 1.29 is 9.53 Å². The second kappa shape index (κ2) is 6.76. The van der Waals surface area contributed by atoms with Crippen LogP contribution in [0.2, 0.25) is 0 Å². The quantitative estimate of drug-likeness (QED) is 0.777. The molecular formula is C15H29N3O2. The molecule has 0 aromatic carbocycles. The van der Waals surface area contributed by atoms with Crippen molar-refractivity contribution in [3.05, 3.63) is 0 Å². The van der Waals surface area contributed by atoms with Gasteiger partial charge in [-0.1, -0.05) is 0 Å². The lowest BCUT2D eigenvalue weighted by molar-refractivity contribution is 0.0523. The van der Waals surface area contributed by atoms with Gasteiger partial charge in [-0.3, -0.25) is 0 Å². The Labute approximate surface area is 122 Å². The van der Waals surface area contributed by atoms with Gasteiger partial charge >= 0.3 is 6.09 Å². The number of hydrogen-bond donors (Lipinski definition) is 2. The average molecular weight is 283 g/mol. The van der Waals surface area contributed by atoms with Crippen LogP contribution in [0.5, 0.6) is 0 Å². The molecule has 1 unspecified atom stereocenters. The summed E-state index contributed by atoms with van der Waals surface area (Å²) in [5, 5.41) is 6.43. The first-order valence-electron chi connectivity index (χ1n) is 7.85. The summed E-state index contributed by atoms with van der Waals surface area (Å²) in [5.74, 6) is 0.775. The van der Waals surface area contributed by atoms with Crippen molar-refractivity contribution in [2.45, 2.75) is 51.7 Å². The fourth-order valence-corrected chi connectivity index (χ4v) is 2.53. The molecule has 0 spiro atoms. The standard InChI is InChI=1S/C15H29N3O2/c1-15(2,3)20-14(19)16-7-9-18-8-6-12(11-18)10-17-13-4-5-13/h12-13,17H,4-11H2,1-3H3,(H,16,19). The van der Waals surface area contributed by atoms with Crippen LogP contribution in [-0.4, -0.2) is 55.4 Å². The maximum absolute atomic E-state index is 11.5. The van der Waals surface area contributed by atoms with Crippen LogP contribution in [0.25, 0.3) is 0 Å². The van der Waals surface area contributed by atoms with Crippen LogP contribution in [0, 0.1) is 5.92 Å². The van der Waals surface area contributed by atoms with Gasteiger partial charge in [0, 0.05) is 25.7 Å². The number of likely N-dealkylation sites (tertiary alicyclic amines) is 1. The summed E-state index contributed by atoms with van der Waals surface area (Å²) >= 11 is 0. The number of hydrogen-bond acceptors (Lipinski definition) is 4. The molecule has 5 heteroatoms. The van der Waals surface area contributed by atoms with Gasteiger partial charge in [-0.15, -0.1) is 0 Å². The molecule has 2 N–H and O–H groups in total. The van der Waals surface area contributed by atoms with Crippen LogP contribution < -0.4 is 10.6 Å². The molecular weight excluding hydrogens is 254 g/mol. The van der Waals surface area contributed by atoms with Crippen molar-refractivity contribution in [1.82, 2.24) is 15.5 Å². The zero-order valence-electron chi connectivity index (χ0n) is 13.1. The average Bonchev–Trinajstić information content (AvgIpc) is 3.04. The number of amides is 1. The van der Waals surface area contributed by atoms with Crippen molar-refractivity contribution in [3.8, 4) is 0 Å². The first kappa shape index (κ1) is 15.6. The van der Waals surface area contributed by atoms with Gasteiger partial charge in [-0.2, -0.15) is 0 Å². The highest BCUT2D eigenvalue weighted by atomic mass is 16.6. The molecule has 0 bridgehead atoms. The van der Waals surface area contributed by atoms with Crippen LogP contribution in [-0.2, 0) is 4.74 Å². The van der Waals surface area contributed by atoms with E-state index in [2.05, 4.69) is 15.5 Å². The Bertz CT molecular complexity index is 324. The van der Waals surface area contributed by atoms with Crippen LogP contribution in [0.3, 0.4) is 0 Å². The molecule has 1 heterocycles. The van der Waals surface area contributed by atoms with E-state index < -0.39 is 5.60 Å². The summed E-state index contributed by atoms with van der Waals surface area (Å²) in [7, 11) is 0. The van der Waals surface area contributed by atoms with Gasteiger partial charge in [0.2, 0.25) is 0 Å². The second-order valence-corrected chi connectivity index (χ2v) is 7.07. The molecule has 0 aromatic heterocycles. The van der Waals surface area contributed by atoms with Crippen molar-refractivity contribution in [2.75, 3.05) is 32.7 Å². The van der Waals surface area contributed by atoms with Crippen LogP contribution >= 0.6 is 0 Å². The van der Waals surface area contributed by atoms with Crippen molar-refractivity contribution >= 4 is 6.09 Å². The number of nitrogens with one attached hydrogen (secondary N) is 2. The Kier molecular flexibility index (Phi) is 5.27. The normalized spacial score (nSPS) is 23.9. The van der Waals surface area contributed by atoms with E-state index in [4.69, 9.17) is 4.74 Å². The predicted molar refractivity (Wildman–Crippen MR) is 79.8 cm³/mol. The summed E-state index contributed by atoms with van der Waals surface area (Å²) in [6.07, 6.45) is 3.67. The van der Waals surface area contributed by atoms with E-state index in [-0.39, 0.29) is 6.09 Å². The van der Waals surface area contributed by atoms with Crippen molar-refractivity contribution in [2.24, 2.45) is 5.92 Å². The summed E-state index contributed by atoms with van der Waals surface area (Å²) in [6.45, 7) is 10.7. The van der Waals surface area contributed by atoms with E-state index in [0.29, 0.717) is 6.54 Å². The summed E-state index contributed by atoms with van der Waals surface area (Å²) in [4.78, 5) is 13.9. The van der Waals surface area contributed by atoms with E-state index >= 15 is 0 Å². The molecule has 2 rings (SSSR count). The predicted octanol–water partition coefficient (Wildman–Crippen LogP) is 1.58. The molecule has 2 aliphatic rings. The highest BCUT2D eigenvalue weighted by molar-refractivity contribution is 5.67. The largest absolute Gasteiger partial charge is 0.444 e. The fourth-order valence-electron chi connectivity index (χ4n) is 2.53. The number of rotatable bonds is 6. The summed E-state index contributed by atoms with van der Waals surface area (Å²) in [5.41, 5.74) is -0.419. The number of carbonyl (C=O) groups is 1. The van der Waals surface area contributed by atoms with Crippen LogP contribution in [0.4, 0.5) is 4.79 Å². The topological polar surface area (TPSA) is 53.6 Å². The van der Waals surface area contributed by atoms with Gasteiger partial charge in [-0.25, -0.2) is 4.79 Å². The second-order valence-electron chi connectivity index (χ2n) is 7.07. The number of ether oxygens (including phenoxy) is 1. The summed E-state index contributed by atoms with van der Waals surface area (Å²) in [6, 6.07) is 0.804. The lowest BCUT2D eigenvalue weighted by Crippen LogP contribution is -2.37. The monoisotopic (exact) mass is 283 g/mol. The third kappa shape index (κ3) is 6.09. The third-order valence-corrected chi connectivity index (χ3v) is 3.74. The minimum absolute atomic E-state index is 0.316. The van der Waals surface area contributed by atoms with E-state index in [1.165, 1.54) is 19.3 Å². The molecule has 0 aromatic rings. The maximum atomic E-state index is 11.5. The molecule has 116 valence electrons. The van der Waals surface area contributed by atoms with Gasteiger partial charge < -0.3 is 20.3 Å². The Balaban J connectivity index is 1.52. The van der Waals surface area contributed by atoms with Gasteiger partial charge in [0.05, 0.1) is 0 Å².